The smallest absolute Gasteiger partial charge is 0.243 e. The molecular weight excluding hydrogens is 561 g/mol. The van der Waals surface area contributed by atoms with Crippen LogP contribution in [0.2, 0.25) is 10.0 Å². The molecule has 2 saturated heterocycles. The van der Waals surface area contributed by atoms with Gasteiger partial charge in [0.2, 0.25) is 11.8 Å². The Morgan fingerprint density at radius 2 is 1.98 bits per heavy atom. The average Bonchev–Trinajstić information content (AvgIpc) is 3.30. The fraction of sp³-hybridized carbons (Fsp3) is 0.516. The van der Waals surface area contributed by atoms with Crippen LogP contribution in [-0.4, -0.2) is 65.0 Å². The lowest BCUT2D eigenvalue weighted by Gasteiger charge is -2.32. The molecule has 41 heavy (non-hydrogen) atoms. The van der Waals surface area contributed by atoms with E-state index in [0.717, 1.165) is 19.3 Å². The van der Waals surface area contributed by atoms with Crippen molar-refractivity contribution in [3.05, 3.63) is 63.6 Å². The van der Waals surface area contributed by atoms with Crippen molar-refractivity contribution in [3.8, 4) is 11.8 Å². The number of nitrogens with zero attached hydrogens (tertiary/aromatic N) is 3. The predicted molar refractivity (Wildman–Crippen MR) is 161 cm³/mol. The Balaban J connectivity index is 1.52. The van der Waals surface area contributed by atoms with Crippen LogP contribution in [0.1, 0.15) is 57.1 Å². The summed E-state index contributed by atoms with van der Waals surface area (Å²) in [6, 6.07) is 14.8. The van der Waals surface area contributed by atoms with E-state index < -0.39 is 6.04 Å². The Hall–Kier alpha value is -2.83. The summed E-state index contributed by atoms with van der Waals surface area (Å²) >= 11 is 12.6. The quantitative estimate of drug-likeness (QED) is 0.387. The van der Waals surface area contributed by atoms with Crippen molar-refractivity contribution in [1.82, 2.24) is 15.1 Å². The molecule has 2 aliphatic rings. The lowest BCUT2D eigenvalue weighted by Crippen LogP contribution is -2.53. The maximum absolute atomic E-state index is 13.9. The minimum absolute atomic E-state index is 0.0865. The molecule has 2 aromatic carbocycles. The largest absolute Gasteiger partial charge is 0.489 e. The highest BCUT2D eigenvalue weighted by Gasteiger charge is 2.45. The summed E-state index contributed by atoms with van der Waals surface area (Å²) in [5.41, 5.74) is 8.29. The van der Waals surface area contributed by atoms with E-state index in [1.807, 2.05) is 32.0 Å². The van der Waals surface area contributed by atoms with Gasteiger partial charge in [0.1, 0.15) is 16.8 Å². The van der Waals surface area contributed by atoms with Crippen LogP contribution in [0.5, 0.6) is 5.75 Å². The molecular formula is C31H39Cl2N5O3. The predicted octanol–water partition coefficient (Wildman–Crippen LogP) is 4.70. The van der Waals surface area contributed by atoms with Crippen molar-refractivity contribution in [2.75, 3.05) is 13.1 Å². The first-order valence-electron chi connectivity index (χ1n) is 14.3. The second-order valence-corrected chi connectivity index (χ2v) is 11.9. The van der Waals surface area contributed by atoms with Crippen LogP contribution in [0, 0.1) is 11.3 Å². The second kappa shape index (κ2) is 14.4. The third kappa shape index (κ3) is 7.72. The maximum Gasteiger partial charge on any atom is 0.243 e. The van der Waals surface area contributed by atoms with Crippen LogP contribution in [0.25, 0.3) is 0 Å². The second-order valence-electron chi connectivity index (χ2n) is 11.2. The minimum Gasteiger partial charge on any atom is -0.489 e. The number of nitriles is 1. The topological polar surface area (TPSA) is 112 Å². The van der Waals surface area contributed by atoms with Gasteiger partial charge in [-0.05, 0) is 57.6 Å². The molecule has 4 atom stereocenters. The fourth-order valence-corrected chi connectivity index (χ4v) is 6.28. The van der Waals surface area contributed by atoms with Crippen molar-refractivity contribution >= 4 is 35.0 Å². The van der Waals surface area contributed by atoms with Gasteiger partial charge in [0.05, 0.1) is 23.2 Å². The Morgan fingerprint density at radius 3 is 2.68 bits per heavy atom. The molecule has 0 aliphatic carbocycles. The lowest BCUT2D eigenvalue weighted by atomic mass is 10.0. The Bertz CT molecular complexity index is 1250. The number of carbonyl (C=O) groups excluding carboxylic acids is 2. The van der Waals surface area contributed by atoms with Crippen LogP contribution in [0.3, 0.4) is 0 Å². The number of hydrogen-bond donors (Lipinski definition) is 2. The number of carbonyl (C=O) groups is 2. The summed E-state index contributed by atoms with van der Waals surface area (Å²) in [4.78, 5) is 31.5. The summed E-state index contributed by atoms with van der Waals surface area (Å²) in [6.07, 6.45) is 3.36. The van der Waals surface area contributed by atoms with E-state index in [9.17, 15) is 14.9 Å². The fourth-order valence-electron chi connectivity index (χ4n) is 5.90. The van der Waals surface area contributed by atoms with Gasteiger partial charge in [-0.1, -0.05) is 59.6 Å². The SMILES string of the molecule is CC(C)Oc1c(CNC(=O)[C@@H](CCC#N)N2CCC(CCc3ccccc3)N3C[C@H](N)C[C@H]3C2=O)ccc(Cl)c1Cl. The molecule has 4 rings (SSSR count). The van der Waals surface area contributed by atoms with E-state index >= 15 is 0 Å². The van der Waals surface area contributed by atoms with E-state index in [1.54, 1.807) is 17.0 Å². The molecule has 10 heteroatoms. The number of amides is 2. The molecule has 2 aliphatic heterocycles. The van der Waals surface area contributed by atoms with Gasteiger partial charge in [-0.2, -0.15) is 5.26 Å². The van der Waals surface area contributed by atoms with Gasteiger partial charge in [-0.25, -0.2) is 0 Å². The van der Waals surface area contributed by atoms with Crippen molar-refractivity contribution in [1.29, 1.82) is 5.26 Å². The molecule has 2 amide bonds. The average molecular weight is 601 g/mol. The molecule has 1 unspecified atom stereocenters. The van der Waals surface area contributed by atoms with E-state index in [2.05, 4.69) is 28.4 Å². The van der Waals surface area contributed by atoms with Gasteiger partial charge < -0.3 is 20.7 Å². The molecule has 3 N–H and O–H groups in total. The van der Waals surface area contributed by atoms with E-state index in [0.29, 0.717) is 35.8 Å². The Labute approximate surface area is 252 Å². The Morgan fingerprint density at radius 1 is 1.22 bits per heavy atom. The first-order chi connectivity index (χ1) is 19.7. The first-order valence-corrected chi connectivity index (χ1v) is 15.1. The van der Waals surface area contributed by atoms with Crippen molar-refractivity contribution in [2.45, 2.75) is 89.2 Å². The number of fused-ring (bicyclic) bond motifs is 1. The summed E-state index contributed by atoms with van der Waals surface area (Å²) in [5.74, 6) is 0.0223. The molecule has 8 nitrogen and oxygen atoms in total. The van der Waals surface area contributed by atoms with Crippen LogP contribution < -0.4 is 15.8 Å². The van der Waals surface area contributed by atoms with Crippen LogP contribution in [0.15, 0.2) is 42.5 Å². The van der Waals surface area contributed by atoms with Gasteiger partial charge >= 0.3 is 0 Å². The molecule has 2 fully saturated rings. The van der Waals surface area contributed by atoms with Crippen LogP contribution >= 0.6 is 23.2 Å². The number of ether oxygens (including phenoxy) is 1. The summed E-state index contributed by atoms with van der Waals surface area (Å²) < 4.78 is 5.90. The monoisotopic (exact) mass is 599 g/mol. The molecule has 0 bridgehead atoms. The zero-order valence-corrected chi connectivity index (χ0v) is 25.2. The third-order valence-electron chi connectivity index (χ3n) is 7.87. The highest BCUT2D eigenvalue weighted by molar-refractivity contribution is 6.43. The van der Waals surface area contributed by atoms with Gasteiger partial charge in [0.25, 0.3) is 0 Å². The van der Waals surface area contributed by atoms with Crippen LogP contribution in [-0.2, 0) is 22.6 Å². The summed E-state index contributed by atoms with van der Waals surface area (Å²) in [6.45, 7) is 5.01. The molecule has 0 spiro atoms. The zero-order valence-electron chi connectivity index (χ0n) is 23.7. The molecule has 2 aromatic rings. The zero-order chi connectivity index (χ0) is 29.5. The lowest BCUT2D eigenvalue weighted by molar-refractivity contribution is -0.143. The highest BCUT2D eigenvalue weighted by atomic mass is 35.5. The third-order valence-corrected chi connectivity index (χ3v) is 8.65. The van der Waals surface area contributed by atoms with Crippen molar-refractivity contribution in [3.63, 3.8) is 0 Å². The summed E-state index contributed by atoms with van der Waals surface area (Å²) in [7, 11) is 0. The number of nitrogens with two attached hydrogens (primary N) is 1. The van der Waals surface area contributed by atoms with E-state index in [4.69, 9.17) is 33.7 Å². The maximum atomic E-state index is 13.9. The number of rotatable bonds is 11. The molecule has 2 heterocycles. The molecule has 0 aromatic heterocycles. The number of halogens is 2. The van der Waals surface area contributed by atoms with Crippen molar-refractivity contribution < 1.29 is 14.3 Å². The van der Waals surface area contributed by atoms with Gasteiger partial charge in [-0.3, -0.25) is 14.5 Å². The van der Waals surface area contributed by atoms with E-state index in [1.165, 1.54) is 5.56 Å². The number of benzene rings is 2. The Kier molecular flexibility index (Phi) is 10.9. The molecule has 220 valence electrons. The van der Waals surface area contributed by atoms with Gasteiger partial charge in [0, 0.05) is 43.7 Å². The van der Waals surface area contributed by atoms with Crippen molar-refractivity contribution in [2.24, 2.45) is 5.73 Å². The molecule has 0 saturated carbocycles. The summed E-state index contributed by atoms with van der Waals surface area (Å²) in [5, 5.41) is 13.0. The number of aryl methyl sites for hydroxylation is 1. The standard InChI is InChI=1S/C31H39Cl2N5O3/c1-20(2)41-29-22(11-13-25(32)28(29)33)18-36-30(39)26(9-6-15-34)37-16-14-24(12-10-21-7-4-3-5-8-21)38-19-23(35)17-27(38)31(37)40/h3-5,7-8,11,13,20,23-24,26-27H,6,9-10,12,14,16-19,35H2,1-2H3,(H,36,39)/t23-,24?,26-,27+/m1/s1. The minimum atomic E-state index is -0.772. The van der Waals surface area contributed by atoms with Gasteiger partial charge in [0.15, 0.2) is 0 Å². The van der Waals surface area contributed by atoms with Gasteiger partial charge in [-0.15, -0.1) is 0 Å². The number of hydrogen-bond acceptors (Lipinski definition) is 6. The van der Waals surface area contributed by atoms with Crippen LogP contribution in [0.4, 0.5) is 0 Å². The first kappa shape index (κ1) is 31.1. The molecule has 0 radical (unpaired) electrons. The number of nitrogens with one attached hydrogen (secondary N) is 1. The highest BCUT2D eigenvalue weighted by Crippen LogP contribution is 2.36. The normalized spacial score (nSPS) is 21.7. The van der Waals surface area contributed by atoms with E-state index in [-0.39, 0.29) is 60.5 Å².